The third kappa shape index (κ3) is 3.22. The highest BCUT2D eigenvalue weighted by atomic mass is 16.5. The highest BCUT2D eigenvalue weighted by Gasteiger charge is 2.53. The molecule has 0 aromatic rings. The van der Waals surface area contributed by atoms with Crippen molar-refractivity contribution in [1.82, 2.24) is 5.32 Å². The number of rotatable bonds is 7. The second kappa shape index (κ2) is 7.26. The highest BCUT2D eigenvalue weighted by Crippen LogP contribution is 2.50. The smallest absolute Gasteiger partial charge is 0.0664 e. The Morgan fingerprint density at radius 3 is 2.25 bits per heavy atom. The van der Waals surface area contributed by atoms with E-state index in [-0.39, 0.29) is 0 Å². The van der Waals surface area contributed by atoms with Crippen molar-refractivity contribution >= 4 is 0 Å². The Hall–Kier alpha value is -0.0800. The van der Waals surface area contributed by atoms with E-state index in [1.165, 1.54) is 51.4 Å². The average molecular weight is 281 g/mol. The third-order valence-electron chi connectivity index (χ3n) is 6.06. The van der Waals surface area contributed by atoms with Gasteiger partial charge in [-0.2, -0.15) is 0 Å². The van der Waals surface area contributed by atoms with Crippen LogP contribution in [0.15, 0.2) is 0 Å². The van der Waals surface area contributed by atoms with E-state index >= 15 is 0 Å². The van der Waals surface area contributed by atoms with Crippen LogP contribution in [0.1, 0.15) is 79.1 Å². The number of nitrogens with one attached hydrogen (secondary N) is 1. The van der Waals surface area contributed by atoms with Crippen LogP contribution in [0, 0.1) is 11.3 Å². The van der Waals surface area contributed by atoms with E-state index in [0.29, 0.717) is 23.7 Å². The largest absolute Gasteiger partial charge is 0.374 e. The van der Waals surface area contributed by atoms with Crippen LogP contribution in [0.4, 0.5) is 0 Å². The van der Waals surface area contributed by atoms with Crippen molar-refractivity contribution in [3.63, 3.8) is 0 Å². The molecule has 2 heteroatoms. The predicted octanol–water partition coefficient (Wildman–Crippen LogP) is 4.53. The first-order valence-corrected chi connectivity index (χ1v) is 9.05. The Balaban J connectivity index is 1.88. The molecule has 0 spiro atoms. The molecule has 2 nitrogen and oxygen atoms in total. The lowest BCUT2D eigenvalue weighted by molar-refractivity contribution is -0.173. The van der Waals surface area contributed by atoms with E-state index in [4.69, 9.17) is 4.74 Å². The normalized spacial score (nSPS) is 36.6. The van der Waals surface area contributed by atoms with E-state index in [9.17, 15) is 0 Å². The monoisotopic (exact) mass is 281 g/mol. The molecule has 0 bridgehead atoms. The van der Waals surface area contributed by atoms with Crippen LogP contribution < -0.4 is 5.32 Å². The average Bonchev–Trinajstić information content (AvgIpc) is 2.45. The van der Waals surface area contributed by atoms with E-state index in [1.54, 1.807) is 0 Å². The van der Waals surface area contributed by atoms with Gasteiger partial charge >= 0.3 is 0 Å². The summed E-state index contributed by atoms with van der Waals surface area (Å²) in [6, 6.07) is 0.685. The van der Waals surface area contributed by atoms with E-state index in [1.807, 2.05) is 0 Å². The standard InChI is InChI=1S/C18H35NO/c1-5-12-19-16-13-17(18(16,6-2)7-3)20-15-10-8-14(4)9-11-15/h14-17,19H,5-13H2,1-4H3. The molecule has 0 heterocycles. The predicted molar refractivity (Wildman–Crippen MR) is 86.0 cm³/mol. The maximum absolute atomic E-state index is 6.54. The first-order chi connectivity index (χ1) is 9.66. The number of hydrogen-bond donors (Lipinski definition) is 1. The van der Waals surface area contributed by atoms with Gasteiger partial charge in [-0.15, -0.1) is 0 Å². The Morgan fingerprint density at radius 1 is 1.05 bits per heavy atom. The quantitative estimate of drug-likeness (QED) is 0.740. The minimum Gasteiger partial charge on any atom is -0.374 e. The van der Waals surface area contributed by atoms with E-state index in [0.717, 1.165) is 12.5 Å². The van der Waals surface area contributed by atoms with Gasteiger partial charge in [-0.05, 0) is 63.8 Å². The summed E-state index contributed by atoms with van der Waals surface area (Å²) in [5.41, 5.74) is 0.401. The Bertz CT molecular complexity index is 279. The Labute approximate surface area is 126 Å². The summed E-state index contributed by atoms with van der Waals surface area (Å²) < 4.78 is 6.54. The van der Waals surface area contributed by atoms with Crippen LogP contribution in [0.25, 0.3) is 0 Å². The summed E-state index contributed by atoms with van der Waals surface area (Å²) in [5, 5.41) is 3.76. The molecule has 0 amide bonds. The van der Waals surface area contributed by atoms with Crippen LogP contribution >= 0.6 is 0 Å². The maximum Gasteiger partial charge on any atom is 0.0664 e. The van der Waals surface area contributed by atoms with Crippen LogP contribution in [0.2, 0.25) is 0 Å². The molecular weight excluding hydrogens is 246 g/mol. The molecule has 2 aliphatic rings. The van der Waals surface area contributed by atoms with Crippen molar-refractivity contribution in [3.8, 4) is 0 Å². The van der Waals surface area contributed by atoms with Crippen molar-refractivity contribution in [2.75, 3.05) is 6.54 Å². The van der Waals surface area contributed by atoms with E-state index < -0.39 is 0 Å². The van der Waals surface area contributed by atoms with Gasteiger partial charge < -0.3 is 10.1 Å². The van der Waals surface area contributed by atoms with Crippen LogP contribution in [-0.4, -0.2) is 24.8 Å². The van der Waals surface area contributed by atoms with Crippen LogP contribution in [0.5, 0.6) is 0 Å². The summed E-state index contributed by atoms with van der Waals surface area (Å²) in [4.78, 5) is 0. The van der Waals surface area contributed by atoms with Gasteiger partial charge in [0, 0.05) is 11.5 Å². The molecule has 20 heavy (non-hydrogen) atoms. The molecule has 0 aromatic carbocycles. The third-order valence-corrected chi connectivity index (χ3v) is 6.06. The first kappa shape index (κ1) is 16.3. The SMILES string of the molecule is CCCNC1CC(OC2CCC(C)CC2)C1(CC)CC. The zero-order valence-corrected chi connectivity index (χ0v) is 14.1. The molecule has 2 rings (SSSR count). The molecule has 2 fully saturated rings. The second-order valence-electron chi connectivity index (χ2n) is 7.19. The maximum atomic E-state index is 6.54. The fourth-order valence-corrected chi connectivity index (χ4v) is 4.34. The summed E-state index contributed by atoms with van der Waals surface area (Å²) in [6.45, 7) is 10.5. The Kier molecular flexibility index (Phi) is 5.92. The molecule has 0 saturated heterocycles. The van der Waals surface area contributed by atoms with Gasteiger partial charge in [0.25, 0.3) is 0 Å². The molecule has 2 saturated carbocycles. The van der Waals surface area contributed by atoms with Crippen molar-refractivity contribution in [3.05, 3.63) is 0 Å². The van der Waals surface area contributed by atoms with Crippen LogP contribution in [0.3, 0.4) is 0 Å². The van der Waals surface area contributed by atoms with Crippen molar-refractivity contribution in [1.29, 1.82) is 0 Å². The molecule has 118 valence electrons. The molecule has 0 radical (unpaired) electrons. The lowest BCUT2D eigenvalue weighted by atomic mass is 9.58. The summed E-state index contributed by atoms with van der Waals surface area (Å²) in [7, 11) is 0. The lowest BCUT2D eigenvalue weighted by Gasteiger charge is -2.57. The summed E-state index contributed by atoms with van der Waals surface area (Å²) in [6.07, 6.45) is 11.3. The summed E-state index contributed by atoms with van der Waals surface area (Å²) in [5.74, 6) is 0.914. The van der Waals surface area contributed by atoms with Gasteiger partial charge in [-0.3, -0.25) is 0 Å². The van der Waals surface area contributed by atoms with Crippen molar-refractivity contribution in [2.24, 2.45) is 11.3 Å². The molecule has 0 aliphatic heterocycles. The molecule has 0 aromatic heterocycles. The lowest BCUT2D eigenvalue weighted by Crippen LogP contribution is -2.64. The van der Waals surface area contributed by atoms with Crippen molar-refractivity contribution in [2.45, 2.75) is 97.3 Å². The zero-order chi connectivity index (χ0) is 14.6. The first-order valence-electron chi connectivity index (χ1n) is 9.05. The molecule has 2 unspecified atom stereocenters. The van der Waals surface area contributed by atoms with Crippen molar-refractivity contribution < 1.29 is 4.74 Å². The minimum absolute atomic E-state index is 0.401. The van der Waals surface area contributed by atoms with Gasteiger partial charge in [0.05, 0.1) is 12.2 Å². The fraction of sp³-hybridized carbons (Fsp3) is 1.00. The van der Waals surface area contributed by atoms with Gasteiger partial charge in [-0.25, -0.2) is 0 Å². The molecule has 2 aliphatic carbocycles. The molecule has 2 atom stereocenters. The zero-order valence-electron chi connectivity index (χ0n) is 14.1. The van der Waals surface area contributed by atoms with Gasteiger partial charge in [0.15, 0.2) is 0 Å². The number of hydrogen-bond acceptors (Lipinski definition) is 2. The number of ether oxygens (including phenoxy) is 1. The molecular formula is C18H35NO. The topological polar surface area (TPSA) is 21.3 Å². The highest BCUT2D eigenvalue weighted by molar-refractivity contribution is 5.07. The Morgan fingerprint density at radius 2 is 1.70 bits per heavy atom. The van der Waals surface area contributed by atoms with Gasteiger partial charge in [0.2, 0.25) is 0 Å². The fourth-order valence-electron chi connectivity index (χ4n) is 4.34. The van der Waals surface area contributed by atoms with Gasteiger partial charge in [0.1, 0.15) is 0 Å². The van der Waals surface area contributed by atoms with Gasteiger partial charge in [-0.1, -0.05) is 27.7 Å². The minimum atomic E-state index is 0.401. The van der Waals surface area contributed by atoms with Crippen LogP contribution in [-0.2, 0) is 4.74 Å². The summed E-state index contributed by atoms with van der Waals surface area (Å²) >= 11 is 0. The molecule has 1 N–H and O–H groups in total. The van der Waals surface area contributed by atoms with E-state index in [2.05, 4.69) is 33.0 Å². The second-order valence-corrected chi connectivity index (χ2v) is 7.19.